The molecule has 0 aliphatic rings. The third-order valence-electron chi connectivity index (χ3n) is 1.18. The lowest BCUT2D eigenvalue weighted by Crippen LogP contribution is -2.37. The monoisotopic (exact) mass is 154 g/mol. The standard InChI is InChI=1S/C8H14N2O/c1-3-5-6-8(11)10-9-7-4-2/h2,9H,3,5-7H2,1H3,(H,10,11). The van der Waals surface area contributed by atoms with Gasteiger partial charge in [0.2, 0.25) is 5.91 Å². The number of unbranched alkanes of at least 4 members (excludes halogenated alkanes) is 1. The molecule has 0 aliphatic carbocycles. The molecule has 62 valence electrons. The summed E-state index contributed by atoms with van der Waals surface area (Å²) in [4.78, 5) is 10.8. The van der Waals surface area contributed by atoms with Crippen LogP contribution in [-0.2, 0) is 4.79 Å². The Hall–Kier alpha value is -1.01. The van der Waals surface area contributed by atoms with Crippen LogP contribution in [0.3, 0.4) is 0 Å². The second-order valence-electron chi connectivity index (χ2n) is 2.21. The van der Waals surface area contributed by atoms with Gasteiger partial charge in [0.05, 0.1) is 6.54 Å². The van der Waals surface area contributed by atoms with Crippen molar-refractivity contribution in [3.63, 3.8) is 0 Å². The summed E-state index contributed by atoms with van der Waals surface area (Å²) < 4.78 is 0. The number of terminal acetylenes is 1. The highest BCUT2D eigenvalue weighted by Gasteiger charge is 1.96. The van der Waals surface area contributed by atoms with E-state index in [1.807, 2.05) is 6.92 Å². The van der Waals surface area contributed by atoms with E-state index in [-0.39, 0.29) is 5.91 Å². The van der Waals surface area contributed by atoms with Gasteiger partial charge in [-0.15, -0.1) is 6.42 Å². The van der Waals surface area contributed by atoms with Gasteiger partial charge in [-0.2, -0.15) is 0 Å². The minimum atomic E-state index is 0.00194. The topological polar surface area (TPSA) is 41.1 Å². The zero-order valence-corrected chi connectivity index (χ0v) is 6.81. The van der Waals surface area contributed by atoms with Crippen molar-refractivity contribution in [3.05, 3.63) is 0 Å². The van der Waals surface area contributed by atoms with Crippen LogP contribution in [0.25, 0.3) is 0 Å². The maximum atomic E-state index is 10.8. The normalized spacial score (nSPS) is 8.73. The maximum absolute atomic E-state index is 10.8. The molecule has 0 bridgehead atoms. The van der Waals surface area contributed by atoms with E-state index in [2.05, 4.69) is 16.8 Å². The van der Waals surface area contributed by atoms with Gasteiger partial charge in [-0.25, -0.2) is 5.43 Å². The second kappa shape index (κ2) is 7.10. The molecule has 0 saturated carbocycles. The van der Waals surface area contributed by atoms with Gasteiger partial charge in [0, 0.05) is 6.42 Å². The molecule has 0 fully saturated rings. The van der Waals surface area contributed by atoms with Crippen LogP contribution in [0.15, 0.2) is 0 Å². The quantitative estimate of drug-likeness (QED) is 0.342. The van der Waals surface area contributed by atoms with Crippen LogP contribution in [0, 0.1) is 12.3 Å². The number of carbonyl (C=O) groups is 1. The highest BCUT2D eigenvalue weighted by atomic mass is 16.2. The average Bonchev–Trinajstić information content (AvgIpc) is 2.01. The molecule has 2 N–H and O–H groups in total. The van der Waals surface area contributed by atoms with Crippen molar-refractivity contribution >= 4 is 5.91 Å². The minimum Gasteiger partial charge on any atom is -0.291 e. The molecule has 3 nitrogen and oxygen atoms in total. The summed E-state index contributed by atoms with van der Waals surface area (Å²) >= 11 is 0. The van der Waals surface area contributed by atoms with Crippen LogP contribution in [0.5, 0.6) is 0 Å². The van der Waals surface area contributed by atoms with Gasteiger partial charge < -0.3 is 0 Å². The molecule has 0 aliphatic heterocycles. The van der Waals surface area contributed by atoms with E-state index in [4.69, 9.17) is 6.42 Å². The maximum Gasteiger partial charge on any atom is 0.234 e. The summed E-state index contributed by atoms with van der Waals surface area (Å²) in [6.07, 6.45) is 7.47. The fraction of sp³-hybridized carbons (Fsp3) is 0.625. The molecule has 0 spiro atoms. The Morgan fingerprint density at radius 1 is 1.64 bits per heavy atom. The highest BCUT2D eigenvalue weighted by molar-refractivity contribution is 5.75. The molecule has 0 radical (unpaired) electrons. The Morgan fingerprint density at radius 3 is 2.91 bits per heavy atom. The Kier molecular flexibility index (Phi) is 6.45. The van der Waals surface area contributed by atoms with Crippen molar-refractivity contribution in [1.82, 2.24) is 10.9 Å². The number of amides is 1. The molecule has 1 amide bonds. The first kappa shape index (κ1) is 9.99. The van der Waals surface area contributed by atoms with Gasteiger partial charge in [-0.3, -0.25) is 10.2 Å². The number of hydrogen-bond donors (Lipinski definition) is 2. The first-order chi connectivity index (χ1) is 5.31. The molecule has 11 heavy (non-hydrogen) atoms. The number of carbonyl (C=O) groups excluding carboxylic acids is 1. The third kappa shape index (κ3) is 6.88. The highest BCUT2D eigenvalue weighted by Crippen LogP contribution is 1.91. The van der Waals surface area contributed by atoms with Crippen molar-refractivity contribution in [2.24, 2.45) is 0 Å². The van der Waals surface area contributed by atoms with Gasteiger partial charge in [0.25, 0.3) is 0 Å². The third-order valence-corrected chi connectivity index (χ3v) is 1.18. The Morgan fingerprint density at radius 2 is 2.36 bits per heavy atom. The molecule has 0 aromatic heterocycles. The van der Waals surface area contributed by atoms with Crippen molar-refractivity contribution in [3.8, 4) is 12.3 Å². The summed E-state index contributed by atoms with van der Waals surface area (Å²) in [5.41, 5.74) is 5.10. The molecule has 3 heteroatoms. The predicted octanol–water partition coefficient (Wildman–Crippen LogP) is 0.431. The van der Waals surface area contributed by atoms with E-state index in [9.17, 15) is 4.79 Å². The molecule has 0 rings (SSSR count). The van der Waals surface area contributed by atoms with Gasteiger partial charge in [0.1, 0.15) is 0 Å². The number of hydrazine groups is 1. The lowest BCUT2D eigenvalue weighted by atomic mass is 10.2. The minimum absolute atomic E-state index is 0.00194. The predicted molar refractivity (Wildman–Crippen MR) is 44.5 cm³/mol. The molecule has 0 atom stereocenters. The lowest BCUT2D eigenvalue weighted by molar-refractivity contribution is -0.122. The summed E-state index contributed by atoms with van der Waals surface area (Å²) in [7, 11) is 0. The van der Waals surface area contributed by atoms with E-state index in [0.717, 1.165) is 12.8 Å². The van der Waals surface area contributed by atoms with E-state index in [0.29, 0.717) is 13.0 Å². The number of rotatable bonds is 5. The van der Waals surface area contributed by atoms with Gasteiger partial charge >= 0.3 is 0 Å². The van der Waals surface area contributed by atoms with Crippen molar-refractivity contribution in [2.75, 3.05) is 6.54 Å². The molecular formula is C8H14N2O. The van der Waals surface area contributed by atoms with Crippen molar-refractivity contribution < 1.29 is 4.79 Å². The Bertz CT molecular complexity index is 149. The van der Waals surface area contributed by atoms with E-state index in [1.165, 1.54) is 0 Å². The fourth-order valence-electron chi connectivity index (χ4n) is 0.594. The zero-order chi connectivity index (χ0) is 8.53. The van der Waals surface area contributed by atoms with E-state index in [1.54, 1.807) is 0 Å². The SMILES string of the molecule is C#CCNNC(=O)CCCC. The van der Waals surface area contributed by atoms with Crippen LogP contribution in [-0.4, -0.2) is 12.5 Å². The number of nitrogens with one attached hydrogen (secondary N) is 2. The lowest BCUT2D eigenvalue weighted by Gasteiger charge is -2.02. The number of hydrogen-bond acceptors (Lipinski definition) is 2. The van der Waals surface area contributed by atoms with Crippen molar-refractivity contribution in [2.45, 2.75) is 26.2 Å². The Labute approximate surface area is 67.5 Å². The average molecular weight is 154 g/mol. The van der Waals surface area contributed by atoms with Crippen LogP contribution in [0.1, 0.15) is 26.2 Å². The smallest absolute Gasteiger partial charge is 0.234 e. The van der Waals surface area contributed by atoms with Crippen LogP contribution in [0.2, 0.25) is 0 Å². The molecule has 0 aromatic rings. The summed E-state index contributed by atoms with van der Waals surface area (Å²) in [5.74, 6) is 2.36. The molecular weight excluding hydrogens is 140 g/mol. The largest absolute Gasteiger partial charge is 0.291 e. The molecule has 0 heterocycles. The molecule has 0 saturated heterocycles. The van der Waals surface area contributed by atoms with Gasteiger partial charge in [-0.1, -0.05) is 19.3 Å². The zero-order valence-electron chi connectivity index (χ0n) is 6.81. The summed E-state index contributed by atoms with van der Waals surface area (Å²) in [6, 6.07) is 0. The van der Waals surface area contributed by atoms with Gasteiger partial charge in [-0.05, 0) is 6.42 Å². The van der Waals surface area contributed by atoms with E-state index >= 15 is 0 Å². The van der Waals surface area contributed by atoms with E-state index < -0.39 is 0 Å². The van der Waals surface area contributed by atoms with Crippen LogP contribution < -0.4 is 10.9 Å². The summed E-state index contributed by atoms with van der Waals surface area (Å²) in [5, 5.41) is 0. The summed E-state index contributed by atoms with van der Waals surface area (Å²) in [6.45, 7) is 2.42. The second-order valence-corrected chi connectivity index (χ2v) is 2.21. The van der Waals surface area contributed by atoms with Gasteiger partial charge in [0.15, 0.2) is 0 Å². The van der Waals surface area contributed by atoms with Crippen LogP contribution >= 0.6 is 0 Å². The molecule has 0 aromatic carbocycles. The first-order valence-corrected chi connectivity index (χ1v) is 3.76. The fourth-order valence-corrected chi connectivity index (χ4v) is 0.594. The molecule has 0 unspecified atom stereocenters. The van der Waals surface area contributed by atoms with Crippen molar-refractivity contribution in [1.29, 1.82) is 0 Å². The first-order valence-electron chi connectivity index (χ1n) is 3.76. The Balaban J connectivity index is 3.17. The van der Waals surface area contributed by atoms with Crippen LogP contribution in [0.4, 0.5) is 0 Å².